The summed E-state index contributed by atoms with van der Waals surface area (Å²) >= 11 is 0. The normalized spacial score (nSPS) is 11.8. The van der Waals surface area contributed by atoms with Crippen LogP contribution in [0.2, 0.25) is 0 Å². The molecule has 0 unspecified atom stereocenters. The number of rotatable bonds is 3. The van der Waals surface area contributed by atoms with Crippen molar-refractivity contribution in [1.82, 2.24) is 0 Å². The highest BCUT2D eigenvalue weighted by atomic mass is 28.2. The summed E-state index contributed by atoms with van der Waals surface area (Å²) in [6, 6.07) is 3.85. The van der Waals surface area contributed by atoms with E-state index < -0.39 is 17.2 Å². The summed E-state index contributed by atoms with van der Waals surface area (Å²) in [5, 5.41) is 0. The van der Waals surface area contributed by atoms with E-state index in [0.717, 1.165) is 6.07 Å². The molecule has 0 atom stereocenters. The van der Waals surface area contributed by atoms with Crippen LogP contribution in [0.25, 0.3) is 0 Å². The second-order valence-corrected chi connectivity index (χ2v) is 3.99. The van der Waals surface area contributed by atoms with Crippen LogP contribution in [0.5, 0.6) is 0 Å². The van der Waals surface area contributed by atoms with Gasteiger partial charge in [0.05, 0.1) is 5.60 Å². The van der Waals surface area contributed by atoms with Gasteiger partial charge in [0.2, 0.25) is 10.5 Å². The molecule has 0 saturated heterocycles. The molecule has 1 aromatic carbocycles. The Morgan fingerprint density at radius 2 is 1.93 bits per heavy atom. The highest BCUT2D eigenvalue weighted by Gasteiger charge is 2.17. The first kappa shape index (κ1) is 11.3. The van der Waals surface area contributed by atoms with Gasteiger partial charge in [-0.1, -0.05) is 6.07 Å². The van der Waals surface area contributed by atoms with Crippen molar-refractivity contribution < 1.29 is 13.2 Å². The van der Waals surface area contributed by atoms with E-state index in [1.807, 2.05) is 13.8 Å². The standard InChI is InChI=1S/C10H11F2OSi/c1-10(2,13-14)6-7-3-4-8(11)9(12)5-7/h3-5H,6H2,1-2H3. The molecule has 3 radical (unpaired) electrons. The second-order valence-electron chi connectivity index (χ2n) is 3.79. The second kappa shape index (κ2) is 4.19. The first-order chi connectivity index (χ1) is 6.44. The Kier molecular flexibility index (Phi) is 3.39. The van der Waals surface area contributed by atoms with Gasteiger partial charge >= 0.3 is 0 Å². The quantitative estimate of drug-likeness (QED) is 0.700. The zero-order valence-corrected chi connectivity index (χ0v) is 9.10. The minimum atomic E-state index is -0.828. The molecular formula is C10H11F2OSi. The molecule has 0 bridgehead atoms. The van der Waals surface area contributed by atoms with E-state index in [0.29, 0.717) is 12.0 Å². The van der Waals surface area contributed by atoms with E-state index in [2.05, 4.69) is 10.5 Å². The van der Waals surface area contributed by atoms with Gasteiger partial charge in [-0.25, -0.2) is 8.78 Å². The fourth-order valence-corrected chi connectivity index (χ4v) is 1.25. The minimum Gasteiger partial charge on any atom is -0.413 e. The van der Waals surface area contributed by atoms with Gasteiger partial charge < -0.3 is 4.43 Å². The zero-order valence-electron chi connectivity index (χ0n) is 8.10. The Morgan fingerprint density at radius 3 is 2.43 bits per heavy atom. The van der Waals surface area contributed by atoms with E-state index in [4.69, 9.17) is 4.43 Å². The summed E-state index contributed by atoms with van der Waals surface area (Å²) in [7, 11) is 2.94. The van der Waals surface area contributed by atoms with Crippen molar-refractivity contribution in [2.75, 3.05) is 0 Å². The third-order valence-electron chi connectivity index (χ3n) is 1.89. The van der Waals surface area contributed by atoms with E-state index >= 15 is 0 Å². The van der Waals surface area contributed by atoms with Crippen LogP contribution in [-0.2, 0) is 10.8 Å². The van der Waals surface area contributed by atoms with Gasteiger partial charge in [0.15, 0.2) is 11.6 Å². The molecule has 1 rings (SSSR count). The molecular weight excluding hydrogens is 202 g/mol. The fourth-order valence-electron chi connectivity index (χ4n) is 1.18. The van der Waals surface area contributed by atoms with Crippen molar-refractivity contribution in [3.63, 3.8) is 0 Å². The van der Waals surface area contributed by atoms with Crippen molar-refractivity contribution in [3.8, 4) is 0 Å². The van der Waals surface area contributed by atoms with Crippen LogP contribution in [0, 0.1) is 11.6 Å². The Bertz CT molecular complexity index is 326. The maximum Gasteiger partial charge on any atom is 0.246 e. The molecule has 4 heteroatoms. The molecule has 0 fully saturated rings. The van der Waals surface area contributed by atoms with Gasteiger partial charge in [0.1, 0.15) is 0 Å². The van der Waals surface area contributed by atoms with Crippen LogP contribution in [0.3, 0.4) is 0 Å². The van der Waals surface area contributed by atoms with Crippen LogP contribution in [-0.4, -0.2) is 16.1 Å². The molecule has 1 nitrogen and oxygen atoms in total. The van der Waals surface area contributed by atoms with Crippen LogP contribution < -0.4 is 0 Å². The number of benzene rings is 1. The van der Waals surface area contributed by atoms with Crippen molar-refractivity contribution in [2.45, 2.75) is 25.9 Å². The molecule has 1 aromatic rings. The average molecular weight is 213 g/mol. The summed E-state index contributed by atoms with van der Waals surface area (Å²) in [4.78, 5) is 0. The van der Waals surface area contributed by atoms with E-state index in [-0.39, 0.29) is 0 Å². The Labute approximate surface area is 85.6 Å². The highest BCUT2D eigenvalue weighted by molar-refractivity contribution is 5.98. The van der Waals surface area contributed by atoms with Gasteiger partial charge in [0.25, 0.3) is 0 Å². The van der Waals surface area contributed by atoms with Crippen molar-refractivity contribution in [1.29, 1.82) is 0 Å². The minimum absolute atomic E-state index is 0.443. The lowest BCUT2D eigenvalue weighted by atomic mass is 9.99. The number of halogens is 2. The summed E-state index contributed by atoms with van der Waals surface area (Å²) in [5.41, 5.74) is 0.258. The molecule has 14 heavy (non-hydrogen) atoms. The molecule has 0 aliphatic carbocycles. The van der Waals surface area contributed by atoms with Gasteiger partial charge in [0, 0.05) is 0 Å². The lowest BCUT2D eigenvalue weighted by molar-refractivity contribution is 0.124. The summed E-state index contributed by atoms with van der Waals surface area (Å²) in [5.74, 6) is -1.65. The van der Waals surface area contributed by atoms with E-state index in [1.54, 1.807) is 6.07 Å². The van der Waals surface area contributed by atoms with Gasteiger partial charge in [-0.2, -0.15) is 0 Å². The fraction of sp³-hybridized carbons (Fsp3) is 0.400. The van der Waals surface area contributed by atoms with Gasteiger partial charge in [-0.3, -0.25) is 0 Å². The molecule has 75 valence electrons. The zero-order chi connectivity index (χ0) is 10.8. The lowest BCUT2D eigenvalue weighted by Crippen LogP contribution is -2.26. The average Bonchev–Trinajstić information content (AvgIpc) is 2.11. The monoisotopic (exact) mass is 213 g/mol. The maximum atomic E-state index is 12.8. The Morgan fingerprint density at radius 1 is 1.29 bits per heavy atom. The molecule has 0 aliphatic heterocycles. The third kappa shape index (κ3) is 2.89. The van der Waals surface area contributed by atoms with Crippen molar-refractivity contribution in [3.05, 3.63) is 35.4 Å². The molecule has 0 spiro atoms. The summed E-state index contributed by atoms with van der Waals surface area (Å²) in [6.45, 7) is 3.70. The third-order valence-corrected chi connectivity index (χ3v) is 2.44. The van der Waals surface area contributed by atoms with Crippen molar-refractivity contribution in [2.24, 2.45) is 0 Å². The van der Waals surface area contributed by atoms with Crippen LogP contribution in [0.1, 0.15) is 19.4 Å². The first-order valence-corrected chi connectivity index (χ1v) is 4.64. The van der Waals surface area contributed by atoms with E-state index in [9.17, 15) is 8.78 Å². The topological polar surface area (TPSA) is 9.23 Å². The smallest absolute Gasteiger partial charge is 0.246 e. The van der Waals surface area contributed by atoms with Crippen molar-refractivity contribution >= 4 is 10.5 Å². The van der Waals surface area contributed by atoms with Crippen LogP contribution in [0.4, 0.5) is 8.78 Å². The lowest BCUT2D eigenvalue weighted by Gasteiger charge is -2.23. The predicted molar refractivity (Wildman–Crippen MR) is 51.0 cm³/mol. The van der Waals surface area contributed by atoms with Crippen LogP contribution in [0.15, 0.2) is 18.2 Å². The summed E-state index contributed by atoms with van der Waals surface area (Å²) in [6.07, 6.45) is 0.508. The largest absolute Gasteiger partial charge is 0.413 e. The molecule has 0 heterocycles. The molecule has 0 amide bonds. The molecule has 0 aromatic heterocycles. The van der Waals surface area contributed by atoms with E-state index in [1.165, 1.54) is 6.07 Å². The molecule has 0 aliphatic rings. The number of hydrogen-bond acceptors (Lipinski definition) is 1. The predicted octanol–water partition coefficient (Wildman–Crippen LogP) is 2.39. The van der Waals surface area contributed by atoms with Gasteiger partial charge in [-0.05, 0) is 38.0 Å². The Balaban J connectivity index is 2.83. The van der Waals surface area contributed by atoms with Crippen LogP contribution >= 0.6 is 0 Å². The molecule has 0 N–H and O–H groups in total. The summed E-state index contributed by atoms with van der Waals surface area (Å²) < 4.78 is 30.4. The number of hydrogen-bond donors (Lipinski definition) is 0. The van der Waals surface area contributed by atoms with Gasteiger partial charge in [-0.15, -0.1) is 0 Å². The SMILES string of the molecule is CC(C)(Cc1ccc(F)c(F)c1)O[Si]. The molecule has 0 saturated carbocycles. The highest BCUT2D eigenvalue weighted by Crippen LogP contribution is 2.17. The first-order valence-electron chi connectivity index (χ1n) is 4.23. The maximum absolute atomic E-state index is 12.8. The Hall–Kier alpha value is -0.743.